The Labute approximate surface area is 95.7 Å². The maximum atomic E-state index is 11.1. The number of nitriles is 1. The molecule has 15 heavy (non-hydrogen) atoms. The number of benzene rings is 1. The van der Waals surface area contributed by atoms with E-state index in [1.165, 1.54) is 0 Å². The predicted octanol–water partition coefficient (Wildman–Crippen LogP) is 0.869. The summed E-state index contributed by atoms with van der Waals surface area (Å²) in [4.78, 5) is 11.1. The van der Waals surface area contributed by atoms with E-state index in [0.717, 1.165) is 4.35 Å². The molecule has 0 amide bonds. The van der Waals surface area contributed by atoms with E-state index in [2.05, 4.69) is 6.07 Å². The molecule has 1 radical (unpaired) electrons. The molecule has 77 valence electrons. The summed E-state index contributed by atoms with van der Waals surface area (Å²) in [6, 6.07) is 9.51. The van der Waals surface area contributed by atoms with E-state index >= 15 is 0 Å². The zero-order chi connectivity index (χ0) is 11.1. The van der Waals surface area contributed by atoms with Gasteiger partial charge >= 0.3 is 95.5 Å². The summed E-state index contributed by atoms with van der Waals surface area (Å²) in [5.41, 5.74) is 0.668. The van der Waals surface area contributed by atoms with Gasteiger partial charge in [-0.25, -0.2) is 0 Å². The third-order valence-corrected chi connectivity index (χ3v) is 4.11. The Morgan fingerprint density at radius 2 is 2.27 bits per heavy atom. The van der Waals surface area contributed by atoms with Gasteiger partial charge < -0.3 is 0 Å². The fourth-order valence-corrected chi connectivity index (χ4v) is 2.90. The summed E-state index contributed by atoms with van der Waals surface area (Å²) >= 11 is -0.302. The summed E-state index contributed by atoms with van der Waals surface area (Å²) in [6.45, 7) is 2.21. The number of ether oxygens (including phenoxy) is 1. The molecule has 0 aliphatic heterocycles. The third-order valence-electron chi connectivity index (χ3n) is 1.71. The first-order valence-corrected chi connectivity index (χ1v) is 6.86. The molecular weight excluding hydrogens is 253 g/mol. The summed E-state index contributed by atoms with van der Waals surface area (Å²) in [7, 11) is 0. The van der Waals surface area contributed by atoms with Crippen LogP contribution in [0.5, 0.6) is 0 Å². The van der Waals surface area contributed by atoms with E-state index in [4.69, 9.17) is 10.00 Å². The zero-order valence-electron chi connectivity index (χ0n) is 8.43. The Balaban J connectivity index is 2.58. The fraction of sp³-hybridized carbons (Fsp3) is 0.273. The summed E-state index contributed by atoms with van der Waals surface area (Å²) in [5, 5.41) is 9.26. The van der Waals surface area contributed by atoms with E-state index in [1.807, 2.05) is 18.2 Å². The van der Waals surface area contributed by atoms with Crippen molar-refractivity contribution in [2.75, 3.05) is 6.61 Å². The van der Waals surface area contributed by atoms with Gasteiger partial charge in [-0.3, -0.25) is 0 Å². The van der Waals surface area contributed by atoms with Gasteiger partial charge in [0.05, 0.1) is 0 Å². The van der Waals surface area contributed by atoms with Crippen LogP contribution in [0.4, 0.5) is 0 Å². The molecule has 0 aliphatic rings. The summed E-state index contributed by atoms with van der Waals surface area (Å²) in [5.74, 6) is -0.176. The fourth-order valence-electron chi connectivity index (χ4n) is 1.06. The molecule has 0 unspecified atom stereocenters. The molecule has 0 N–H and O–H groups in total. The van der Waals surface area contributed by atoms with E-state index in [-0.39, 0.29) is 21.7 Å². The minimum absolute atomic E-state index is 0.176. The van der Waals surface area contributed by atoms with Crippen molar-refractivity contribution in [1.29, 1.82) is 5.26 Å². The van der Waals surface area contributed by atoms with Gasteiger partial charge in [-0.15, -0.1) is 0 Å². The normalized spacial score (nSPS) is 10.1. The molecule has 1 aromatic carbocycles. The number of esters is 1. The van der Waals surface area contributed by atoms with Gasteiger partial charge in [0, 0.05) is 0 Å². The zero-order valence-corrected chi connectivity index (χ0v) is 10.3. The van der Waals surface area contributed by atoms with Crippen molar-refractivity contribution >= 4 is 26.1 Å². The first-order chi connectivity index (χ1) is 7.27. The van der Waals surface area contributed by atoms with Crippen molar-refractivity contribution in [1.82, 2.24) is 0 Å². The second kappa shape index (κ2) is 6.26. The molecule has 0 saturated heterocycles. The van der Waals surface area contributed by atoms with Crippen LogP contribution in [0.2, 0.25) is 5.21 Å². The van der Waals surface area contributed by atoms with Gasteiger partial charge in [0.1, 0.15) is 0 Å². The van der Waals surface area contributed by atoms with Crippen LogP contribution in [0.1, 0.15) is 12.5 Å². The molecule has 4 heteroatoms. The van der Waals surface area contributed by atoms with E-state index in [1.54, 1.807) is 13.0 Å². The number of hydrogen-bond acceptors (Lipinski definition) is 3. The number of nitrogens with zero attached hydrogens (tertiary/aromatic N) is 1. The molecule has 3 nitrogen and oxygen atoms in total. The van der Waals surface area contributed by atoms with Crippen LogP contribution in [-0.4, -0.2) is 28.3 Å². The molecular formula is C11H11AsNO2. The first-order valence-electron chi connectivity index (χ1n) is 4.60. The second-order valence-corrected chi connectivity index (χ2v) is 5.09. The van der Waals surface area contributed by atoms with Crippen molar-refractivity contribution in [3.63, 3.8) is 0 Å². The van der Waals surface area contributed by atoms with Crippen molar-refractivity contribution in [3.05, 3.63) is 29.8 Å². The van der Waals surface area contributed by atoms with Gasteiger partial charge in [-0.1, -0.05) is 0 Å². The number of rotatable bonds is 4. The Hall–Kier alpha value is -1.26. The molecule has 0 atom stereocenters. The van der Waals surface area contributed by atoms with Crippen LogP contribution >= 0.6 is 0 Å². The minimum atomic E-state index is -0.302. The Morgan fingerprint density at radius 1 is 1.53 bits per heavy atom. The average Bonchev–Trinajstić information content (AvgIpc) is 2.27. The van der Waals surface area contributed by atoms with Gasteiger partial charge in [0.25, 0.3) is 0 Å². The first kappa shape index (κ1) is 11.8. The summed E-state index contributed by atoms with van der Waals surface area (Å²) in [6.07, 6.45) is 0. The van der Waals surface area contributed by atoms with E-state index < -0.39 is 0 Å². The Bertz CT molecular complexity index is 384. The number of carbonyl (C=O) groups is 1. The van der Waals surface area contributed by atoms with Crippen molar-refractivity contribution in [2.24, 2.45) is 0 Å². The van der Waals surface area contributed by atoms with Crippen molar-refractivity contribution < 1.29 is 9.53 Å². The van der Waals surface area contributed by atoms with Crippen LogP contribution in [0.3, 0.4) is 0 Å². The SMILES string of the molecule is CCOC(=O)C[As]c1ccccc1C#N. The predicted molar refractivity (Wildman–Crippen MR) is 58.0 cm³/mol. The molecule has 0 saturated carbocycles. The van der Waals surface area contributed by atoms with Crippen molar-refractivity contribution in [2.45, 2.75) is 12.1 Å². The van der Waals surface area contributed by atoms with Crippen LogP contribution in [0.25, 0.3) is 0 Å². The molecule has 0 spiro atoms. The van der Waals surface area contributed by atoms with Gasteiger partial charge in [-0.05, 0) is 0 Å². The molecule has 0 aromatic heterocycles. The van der Waals surface area contributed by atoms with E-state index in [0.29, 0.717) is 17.4 Å². The monoisotopic (exact) mass is 264 g/mol. The number of carbonyl (C=O) groups excluding carboxylic acids is 1. The Morgan fingerprint density at radius 3 is 2.93 bits per heavy atom. The maximum absolute atomic E-state index is 11.1. The van der Waals surface area contributed by atoms with Gasteiger partial charge in [-0.2, -0.15) is 0 Å². The standard InChI is InChI=1S/C11H11AsNO2/c1-2-15-11(14)7-12-10-6-4-3-5-9(10)8-13/h3-6H,2,7H2,1H3. The molecule has 0 fully saturated rings. The van der Waals surface area contributed by atoms with Crippen LogP contribution < -0.4 is 4.35 Å². The second-order valence-electron chi connectivity index (χ2n) is 2.75. The molecule has 0 bridgehead atoms. The van der Waals surface area contributed by atoms with Gasteiger partial charge in [0.15, 0.2) is 0 Å². The molecule has 1 rings (SSSR count). The van der Waals surface area contributed by atoms with Gasteiger partial charge in [0.2, 0.25) is 0 Å². The molecule has 0 aliphatic carbocycles. The van der Waals surface area contributed by atoms with Crippen LogP contribution in [-0.2, 0) is 9.53 Å². The third kappa shape index (κ3) is 3.77. The topological polar surface area (TPSA) is 50.1 Å². The molecule has 1 aromatic rings. The van der Waals surface area contributed by atoms with Crippen molar-refractivity contribution in [3.8, 4) is 6.07 Å². The van der Waals surface area contributed by atoms with E-state index in [9.17, 15) is 4.79 Å². The average molecular weight is 264 g/mol. The number of hydrogen-bond donors (Lipinski definition) is 0. The Kier molecular flexibility index (Phi) is 4.93. The van der Waals surface area contributed by atoms with Crippen LogP contribution in [0.15, 0.2) is 24.3 Å². The molecule has 0 heterocycles. The van der Waals surface area contributed by atoms with Crippen LogP contribution in [0, 0.1) is 11.3 Å². The quantitative estimate of drug-likeness (QED) is 0.599. The summed E-state index contributed by atoms with van der Waals surface area (Å²) < 4.78 is 5.83.